The molecule has 0 N–H and O–H groups in total. The van der Waals surface area contributed by atoms with Gasteiger partial charge in [0.15, 0.2) is 0 Å². The fourth-order valence-electron chi connectivity index (χ4n) is 7.78. The summed E-state index contributed by atoms with van der Waals surface area (Å²) in [4.78, 5) is 5.21. The third-order valence-electron chi connectivity index (χ3n) is 9.86. The Morgan fingerprint density at radius 1 is 0.404 bits per heavy atom. The van der Waals surface area contributed by atoms with Crippen LogP contribution in [0, 0.1) is 0 Å². The van der Waals surface area contributed by atoms with Crippen LogP contribution in [0.2, 0.25) is 0 Å². The van der Waals surface area contributed by atoms with E-state index in [1.165, 1.54) is 69.4 Å². The lowest BCUT2D eigenvalue weighted by Gasteiger charge is -2.12. The lowest BCUT2D eigenvalue weighted by molar-refractivity contribution is 1.18. The molecule has 47 heavy (non-hydrogen) atoms. The van der Waals surface area contributed by atoms with Gasteiger partial charge in [0.25, 0.3) is 0 Å². The number of hydrogen-bond acceptors (Lipinski definition) is 2. The summed E-state index contributed by atoms with van der Waals surface area (Å²) in [7, 11) is 0. The van der Waals surface area contributed by atoms with Crippen molar-refractivity contribution in [3.63, 3.8) is 0 Å². The number of hydrogen-bond donors (Lipinski definition) is 0. The summed E-state index contributed by atoms with van der Waals surface area (Å²) in [6.45, 7) is 0. The topological polar surface area (TPSA) is 22.2 Å². The van der Waals surface area contributed by atoms with Gasteiger partial charge < -0.3 is 4.57 Å². The van der Waals surface area contributed by atoms with Gasteiger partial charge in [0.1, 0.15) is 5.65 Å². The highest BCUT2D eigenvalue weighted by Crippen LogP contribution is 2.41. The highest BCUT2D eigenvalue weighted by molar-refractivity contribution is 7.25. The van der Waals surface area contributed by atoms with E-state index >= 15 is 0 Å². The van der Waals surface area contributed by atoms with E-state index in [9.17, 15) is 0 Å². The normalized spacial score (nSPS) is 12.3. The van der Waals surface area contributed by atoms with Crippen LogP contribution < -0.4 is 0 Å². The molecule has 4 aromatic heterocycles. The largest absolute Gasteiger partial charge is 0.309 e. The smallest absolute Gasteiger partial charge is 0.146 e. The van der Waals surface area contributed by atoms with Gasteiger partial charge in [-0.05, 0) is 83.2 Å². The molecule has 4 heterocycles. The van der Waals surface area contributed by atoms with E-state index in [1.54, 1.807) is 0 Å². The third kappa shape index (κ3) is 3.48. The predicted octanol–water partition coefficient (Wildman–Crippen LogP) is 11.9. The average molecular weight is 616 g/mol. The Bertz CT molecular complexity index is 3080. The monoisotopic (exact) mass is 615 g/mol. The summed E-state index contributed by atoms with van der Waals surface area (Å²) >= 11 is 1.86. The number of imidazole rings is 1. The van der Waals surface area contributed by atoms with Gasteiger partial charge in [-0.2, -0.15) is 0 Å². The predicted molar refractivity (Wildman–Crippen MR) is 200 cm³/mol. The van der Waals surface area contributed by atoms with Gasteiger partial charge in [-0.3, -0.25) is 4.40 Å². The highest BCUT2D eigenvalue weighted by Gasteiger charge is 2.19. The lowest BCUT2D eigenvalue weighted by atomic mass is 10.0. The van der Waals surface area contributed by atoms with Crippen LogP contribution in [-0.2, 0) is 0 Å². The second kappa shape index (κ2) is 9.29. The first-order valence-electron chi connectivity index (χ1n) is 16.0. The van der Waals surface area contributed by atoms with Gasteiger partial charge in [-0.25, -0.2) is 4.98 Å². The van der Waals surface area contributed by atoms with E-state index in [-0.39, 0.29) is 0 Å². The van der Waals surface area contributed by atoms with Crippen LogP contribution in [0.3, 0.4) is 0 Å². The SMILES string of the molecule is c1cc(-c2ccc3sc4ccccc4c3c2)cc(-n2c3ccccc3c3cc4c5ccccc5n5c6ccccc6nc5c4cc32)c1. The van der Waals surface area contributed by atoms with Gasteiger partial charge >= 0.3 is 0 Å². The molecule has 0 saturated carbocycles. The summed E-state index contributed by atoms with van der Waals surface area (Å²) in [6.07, 6.45) is 0. The molecule has 0 radical (unpaired) electrons. The molecule has 0 atom stereocenters. The second-order valence-corrected chi connectivity index (χ2v) is 13.5. The van der Waals surface area contributed by atoms with Gasteiger partial charge in [0, 0.05) is 47.4 Å². The average Bonchev–Trinajstić information content (AvgIpc) is 3.80. The molecule has 0 aliphatic heterocycles. The lowest BCUT2D eigenvalue weighted by Crippen LogP contribution is -1.95. The minimum atomic E-state index is 0.989. The van der Waals surface area contributed by atoms with Crippen molar-refractivity contribution in [3.8, 4) is 16.8 Å². The Hall–Kier alpha value is -5.97. The molecule has 0 spiro atoms. The molecule has 0 amide bonds. The maximum atomic E-state index is 5.21. The molecule has 11 rings (SSSR count). The number of aromatic nitrogens is 3. The van der Waals surface area contributed by atoms with Crippen molar-refractivity contribution in [2.45, 2.75) is 0 Å². The summed E-state index contributed by atoms with van der Waals surface area (Å²) in [5.74, 6) is 0. The summed E-state index contributed by atoms with van der Waals surface area (Å²) in [6, 6.07) is 55.3. The van der Waals surface area contributed by atoms with Crippen molar-refractivity contribution in [3.05, 3.63) is 152 Å². The fourth-order valence-corrected chi connectivity index (χ4v) is 8.86. The number of rotatable bonds is 2. The fraction of sp³-hybridized carbons (Fsp3) is 0. The molecule has 0 fully saturated rings. The first-order chi connectivity index (χ1) is 23.3. The van der Waals surface area contributed by atoms with Crippen molar-refractivity contribution >= 4 is 91.7 Å². The summed E-state index contributed by atoms with van der Waals surface area (Å²) in [5.41, 5.74) is 10.3. The number of nitrogens with zero attached hydrogens (tertiary/aromatic N) is 3. The number of pyridine rings is 1. The van der Waals surface area contributed by atoms with Gasteiger partial charge in [-0.1, -0.05) is 84.9 Å². The van der Waals surface area contributed by atoms with Crippen LogP contribution in [0.5, 0.6) is 0 Å². The minimum Gasteiger partial charge on any atom is -0.309 e. The maximum Gasteiger partial charge on any atom is 0.146 e. The Balaban J connectivity index is 1.21. The molecule has 0 aliphatic rings. The van der Waals surface area contributed by atoms with Crippen LogP contribution >= 0.6 is 11.3 Å². The van der Waals surface area contributed by atoms with E-state index in [2.05, 4.69) is 161 Å². The molecule has 0 saturated heterocycles. The zero-order valence-corrected chi connectivity index (χ0v) is 26.0. The Kier molecular flexibility index (Phi) is 4.99. The number of thiophene rings is 1. The number of fused-ring (bicyclic) bond motifs is 14. The molecule has 0 unspecified atom stereocenters. The zero-order chi connectivity index (χ0) is 30.6. The summed E-state index contributed by atoms with van der Waals surface area (Å²) in [5, 5.41) is 8.75. The van der Waals surface area contributed by atoms with Crippen molar-refractivity contribution in [1.29, 1.82) is 0 Å². The van der Waals surface area contributed by atoms with Crippen molar-refractivity contribution in [2.24, 2.45) is 0 Å². The Morgan fingerprint density at radius 3 is 2.00 bits per heavy atom. The van der Waals surface area contributed by atoms with Gasteiger partial charge in [0.2, 0.25) is 0 Å². The van der Waals surface area contributed by atoms with Crippen LogP contribution in [0.25, 0.3) is 97.1 Å². The Labute approximate surface area is 273 Å². The quantitative estimate of drug-likeness (QED) is 0.177. The summed E-state index contributed by atoms with van der Waals surface area (Å²) < 4.78 is 7.42. The molecular weight excluding hydrogens is 591 g/mol. The third-order valence-corrected chi connectivity index (χ3v) is 11.0. The second-order valence-electron chi connectivity index (χ2n) is 12.4. The van der Waals surface area contributed by atoms with E-state index in [4.69, 9.17) is 4.98 Å². The van der Waals surface area contributed by atoms with Crippen molar-refractivity contribution in [2.75, 3.05) is 0 Å². The van der Waals surface area contributed by atoms with Crippen LogP contribution in [0.15, 0.2) is 152 Å². The van der Waals surface area contributed by atoms with E-state index in [0.717, 1.165) is 27.8 Å². The van der Waals surface area contributed by atoms with Crippen LogP contribution in [0.4, 0.5) is 0 Å². The van der Waals surface area contributed by atoms with Gasteiger partial charge in [-0.15, -0.1) is 11.3 Å². The van der Waals surface area contributed by atoms with Crippen LogP contribution in [0.1, 0.15) is 0 Å². The maximum absolute atomic E-state index is 5.21. The molecule has 3 nitrogen and oxygen atoms in total. The molecule has 11 aromatic rings. The first kappa shape index (κ1) is 25.2. The zero-order valence-electron chi connectivity index (χ0n) is 25.2. The molecule has 7 aromatic carbocycles. The standard InChI is InChI=1S/C43H25N3S/c1-6-17-38-29(12-1)32-24-33-30-13-2-5-16-37(30)45(40(33)25-35(32)43-44-36-15-4-7-18-39(36)46(38)43)28-11-9-10-26(22-28)27-20-21-42-34(23-27)31-14-3-8-19-41(31)47-42/h1-25H. The molecule has 4 heteroatoms. The van der Waals surface area contributed by atoms with E-state index in [0.29, 0.717) is 0 Å². The highest BCUT2D eigenvalue weighted by atomic mass is 32.1. The minimum absolute atomic E-state index is 0.989. The number of benzene rings is 7. The molecule has 218 valence electrons. The van der Waals surface area contributed by atoms with Crippen molar-refractivity contribution < 1.29 is 0 Å². The van der Waals surface area contributed by atoms with E-state index in [1.807, 2.05) is 11.3 Å². The Morgan fingerprint density at radius 2 is 1.11 bits per heavy atom. The molecular formula is C43H25N3S. The van der Waals surface area contributed by atoms with E-state index < -0.39 is 0 Å². The van der Waals surface area contributed by atoms with Crippen LogP contribution in [-0.4, -0.2) is 14.0 Å². The van der Waals surface area contributed by atoms with Crippen molar-refractivity contribution in [1.82, 2.24) is 14.0 Å². The molecule has 0 bridgehead atoms. The number of para-hydroxylation sites is 4. The molecule has 0 aliphatic carbocycles. The van der Waals surface area contributed by atoms with Gasteiger partial charge in [0.05, 0.1) is 27.6 Å². The first-order valence-corrected chi connectivity index (χ1v) is 16.8.